The van der Waals surface area contributed by atoms with Gasteiger partial charge in [0.25, 0.3) is 0 Å². The number of likely N-dealkylation sites (N-methyl/N-ethyl adjacent to an activating group) is 1. The Hall–Kier alpha value is -1.48. The first kappa shape index (κ1) is 17.9. The molecule has 1 heterocycles. The minimum absolute atomic E-state index is 0.0202. The van der Waals surface area contributed by atoms with Crippen molar-refractivity contribution in [2.75, 3.05) is 32.1 Å². The number of carbonyl (C=O) groups is 1. The first-order valence-electron chi connectivity index (χ1n) is 7.57. The van der Waals surface area contributed by atoms with Gasteiger partial charge in [-0.05, 0) is 44.2 Å². The number of hydrogen-bond donors (Lipinski definition) is 2. The second-order valence-electron chi connectivity index (χ2n) is 5.76. The molecule has 7 nitrogen and oxygen atoms in total. The molecule has 1 aromatic rings. The van der Waals surface area contributed by atoms with E-state index < -0.39 is 10.0 Å². The molecule has 0 aromatic heterocycles. The number of amides is 1. The molecule has 0 saturated carbocycles. The van der Waals surface area contributed by atoms with Crippen molar-refractivity contribution >= 4 is 21.6 Å². The van der Waals surface area contributed by atoms with Gasteiger partial charge >= 0.3 is 0 Å². The second kappa shape index (κ2) is 7.87. The molecular weight excluding hydrogens is 318 g/mol. The number of nitrogens with two attached hydrogens (primary N) is 1. The summed E-state index contributed by atoms with van der Waals surface area (Å²) >= 11 is 0. The fourth-order valence-electron chi connectivity index (χ4n) is 2.47. The maximum absolute atomic E-state index is 11.9. The van der Waals surface area contributed by atoms with E-state index in [1.807, 2.05) is 7.05 Å². The van der Waals surface area contributed by atoms with Gasteiger partial charge in [0.2, 0.25) is 15.9 Å². The highest BCUT2D eigenvalue weighted by molar-refractivity contribution is 7.89. The minimum atomic E-state index is -3.71. The molecular formula is C15H23N3O4S. The predicted octanol–water partition coefficient (Wildman–Crippen LogP) is 0.773. The highest BCUT2D eigenvalue weighted by Gasteiger charge is 2.17. The van der Waals surface area contributed by atoms with E-state index in [0.29, 0.717) is 18.7 Å². The van der Waals surface area contributed by atoms with Crippen LogP contribution in [0, 0.1) is 0 Å². The molecule has 2 rings (SSSR count). The Balaban J connectivity index is 1.75. The number of benzene rings is 1. The molecule has 1 atom stereocenters. The number of sulfonamides is 1. The Morgan fingerprint density at radius 1 is 1.39 bits per heavy atom. The van der Waals surface area contributed by atoms with Gasteiger partial charge in [-0.1, -0.05) is 0 Å². The average molecular weight is 341 g/mol. The van der Waals surface area contributed by atoms with Crippen LogP contribution in [0.5, 0.6) is 0 Å². The van der Waals surface area contributed by atoms with Crippen LogP contribution in [-0.2, 0) is 19.6 Å². The Morgan fingerprint density at radius 2 is 2.09 bits per heavy atom. The number of anilines is 1. The fourth-order valence-corrected chi connectivity index (χ4v) is 2.99. The van der Waals surface area contributed by atoms with Crippen LogP contribution in [0.4, 0.5) is 5.69 Å². The van der Waals surface area contributed by atoms with Gasteiger partial charge < -0.3 is 15.0 Å². The second-order valence-corrected chi connectivity index (χ2v) is 7.33. The van der Waals surface area contributed by atoms with Crippen molar-refractivity contribution in [2.24, 2.45) is 5.14 Å². The van der Waals surface area contributed by atoms with Crippen molar-refractivity contribution in [1.29, 1.82) is 0 Å². The number of carbonyl (C=O) groups excluding carboxylic acids is 1. The number of rotatable bonds is 7. The lowest BCUT2D eigenvalue weighted by Crippen LogP contribution is -2.31. The standard InChI is InChI=1S/C15H23N3O4S/c1-18(11-13-3-2-10-22-13)9-8-15(19)17-12-4-6-14(7-5-12)23(16,20)21/h4-7,13H,2-3,8-11H2,1H3,(H,17,19)(H2,16,20,21). The Kier molecular flexibility index (Phi) is 6.11. The van der Waals surface area contributed by atoms with Crippen molar-refractivity contribution in [3.05, 3.63) is 24.3 Å². The molecule has 1 aliphatic heterocycles. The van der Waals surface area contributed by atoms with E-state index in [2.05, 4.69) is 10.2 Å². The Morgan fingerprint density at radius 3 is 2.65 bits per heavy atom. The first-order chi connectivity index (χ1) is 10.8. The SMILES string of the molecule is CN(CCC(=O)Nc1ccc(S(N)(=O)=O)cc1)CC1CCCO1. The summed E-state index contributed by atoms with van der Waals surface area (Å²) in [6.07, 6.45) is 2.81. The van der Waals surface area contributed by atoms with Gasteiger partial charge in [-0.2, -0.15) is 0 Å². The third-order valence-corrected chi connectivity index (χ3v) is 4.66. The summed E-state index contributed by atoms with van der Waals surface area (Å²) in [5, 5.41) is 7.76. The summed E-state index contributed by atoms with van der Waals surface area (Å²) in [7, 11) is -1.74. The lowest BCUT2D eigenvalue weighted by atomic mass is 10.2. The van der Waals surface area contributed by atoms with E-state index in [4.69, 9.17) is 9.88 Å². The Labute approximate surface area is 136 Å². The smallest absolute Gasteiger partial charge is 0.238 e. The third-order valence-electron chi connectivity index (χ3n) is 3.73. The van der Waals surface area contributed by atoms with Crippen LogP contribution in [0.1, 0.15) is 19.3 Å². The van der Waals surface area contributed by atoms with Crippen LogP contribution in [0.3, 0.4) is 0 Å². The van der Waals surface area contributed by atoms with Crippen LogP contribution in [-0.4, -0.2) is 52.1 Å². The zero-order valence-electron chi connectivity index (χ0n) is 13.2. The molecule has 1 amide bonds. The number of hydrogen-bond acceptors (Lipinski definition) is 5. The molecule has 0 bridgehead atoms. The van der Waals surface area contributed by atoms with E-state index in [0.717, 1.165) is 26.0 Å². The van der Waals surface area contributed by atoms with Gasteiger partial charge in [-0.15, -0.1) is 0 Å². The average Bonchev–Trinajstić information content (AvgIpc) is 2.98. The van der Waals surface area contributed by atoms with Crippen molar-refractivity contribution in [1.82, 2.24) is 4.90 Å². The highest BCUT2D eigenvalue weighted by Crippen LogP contribution is 2.14. The summed E-state index contributed by atoms with van der Waals surface area (Å²) in [6, 6.07) is 5.78. The first-order valence-corrected chi connectivity index (χ1v) is 9.12. The van der Waals surface area contributed by atoms with Crippen LogP contribution in [0.25, 0.3) is 0 Å². The van der Waals surface area contributed by atoms with Gasteiger partial charge in [0.15, 0.2) is 0 Å². The number of nitrogens with zero attached hydrogens (tertiary/aromatic N) is 1. The zero-order chi connectivity index (χ0) is 16.9. The number of primary sulfonamides is 1. The monoisotopic (exact) mass is 341 g/mol. The molecule has 8 heteroatoms. The lowest BCUT2D eigenvalue weighted by molar-refractivity contribution is -0.116. The molecule has 0 spiro atoms. The number of nitrogens with one attached hydrogen (secondary N) is 1. The maximum Gasteiger partial charge on any atom is 0.238 e. The molecule has 1 aliphatic rings. The quantitative estimate of drug-likeness (QED) is 0.763. The van der Waals surface area contributed by atoms with Gasteiger partial charge in [0.1, 0.15) is 0 Å². The molecule has 128 valence electrons. The van der Waals surface area contributed by atoms with E-state index in [9.17, 15) is 13.2 Å². The summed E-state index contributed by atoms with van der Waals surface area (Å²) in [4.78, 5) is 14.0. The highest BCUT2D eigenvalue weighted by atomic mass is 32.2. The zero-order valence-corrected chi connectivity index (χ0v) is 14.0. The molecule has 1 aromatic carbocycles. The molecule has 1 unspecified atom stereocenters. The summed E-state index contributed by atoms with van der Waals surface area (Å²) in [6.45, 7) is 2.30. The van der Waals surface area contributed by atoms with Crippen LogP contribution in [0.2, 0.25) is 0 Å². The van der Waals surface area contributed by atoms with Gasteiger partial charge in [-0.25, -0.2) is 13.6 Å². The van der Waals surface area contributed by atoms with Crippen LogP contribution < -0.4 is 10.5 Å². The molecule has 1 saturated heterocycles. The number of ether oxygens (including phenoxy) is 1. The van der Waals surface area contributed by atoms with Crippen LogP contribution >= 0.6 is 0 Å². The molecule has 0 radical (unpaired) electrons. The van der Waals surface area contributed by atoms with Gasteiger partial charge in [0.05, 0.1) is 11.0 Å². The van der Waals surface area contributed by atoms with Gasteiger partial charge in [-0.3, -0.25) is 4.79 Å². The van der Waals surface area contributed by atoms with Crippen LogP contribution in [0.15, 0.2) is 29.2 Å². The fraction of sp³-hybridized carbons (Fsp3) is 0.533. The molecule has 0 aliphatic carbocycles. The molecule has 1 fully saturated rings. The summed E-state index contributed by atoms with van der Waals surface area (Å²) < 4.78 is 27.9. The van der Waals surface area contributed by atoms with E-state index in [1.54, 1.807) is 0 Å². The van der Waals surface area contributed by atoms with Gasteiger partial charge in [0, 0.05) is 31.8 Å². The predicted molar refractivity (Wildman–Crippen MR) is 87.5 cm³/mol. The van der Waals surface area contributed by atoms with Crippen molar-refractivity contribution in [3.8, 4) is 0 Å². The van der Waals surface area contributed by atoms with E-state index >= 15 is 0 Å². The summed E-state index contributed by atoms with van der Waals surface area (Å²) in [5.41, 5.74) is 0.546. The van der Waals surface area contributed by atoms with Crippen molar-refractivity contribution in [2.45, 2.75) is 30.3 Å². The normalized spacial score (nSPS) is 18.3. The van der Waals surface area contributed by atoms with E-state index in [1.165, 1.54) is 24.3 Å². The van der Waals surface area contributed by atoms with Crippen molar-refractivity contribution in [3.63, 3.8) is 0 Å². The minimum Gasteiger partial charge on any atom is -0.377 e. The largest absolute Gasteiger partial charge is 0.377 e. The molecule has 3 N–H and O–H groups in total. The lowest BCUT2D eigenvalue weighted by Gasteiger charge is -2.20. The topological polar surface area (TPSA) is 102 Å². The molecule has 23 heavy (non-hydrogen) atoms. The van der Waals surface area contributed by atoms with E-state index in [-0.39, 0.29) is 16.9 Å². The maximum atomic E-state index is 11.9. The third kappa shape index (κ3) is 5.91. The Bertz CT molecular complexity index is 625. The summed E-state index contributed by atoms with van der Waals surface area (Å²) in [5.74, 6) is -0.118. The van der Waals surface area contributed by atoms with Crippen molar-refractivity contribution < 1.29 is 17.9 Å².